The molecule has 8 heteroatoms. The molecule has 0 aliphatic carbocycles. The number of guanidine groups is 2. The van der Waals surface area contributed by atoms with E-state index in [0.29, 0.717) is 27.7 Å². The van der Waals surface area contributed by atoms with Crippen molar-refractivity contribution < 1.29 is 4.42 Å². The van der Waals surface area contributed by atoms with Gasteiger partial charge in [0.2, 0.25) is 11.9 Å². The summed E-state index contributed by atoms with van der Waals surface area (Å²) in [7, 11) is 0. The van der Waals surface area contributed by atoms with E-state index in [2.05, 4.69) is 15.0 Å². The van der Waals surface area contributed by atoms with E-state index in [0.717, 1.165) is 5.56 Å². The number of aliphatic imine (C=N–C) groups is 2. The lowest BCUT2D eigenvalue weighted by atomic mass is 10.2. The van der Waals surface area contributed by atoms with Gasteiger partial charge >= 0.3 is 0 Å². The molecule has 0 unspecified atom stereocenters. The maximum Gasteiger partial charge on any atom is 0.227 e. The zero-order chi connectivity index (χ0) is 16.4. The van der Waals surface area contributed by atoms with Crippen LogP contribution in [0.3, 0.4) is 0 Å². The van der Waals surface area contributed by atoms with Crippen LogP contribution in [0.1, 0.15) is 0 Å². The highest BCUT2D eigenvalue weighted by Gasteiger charge is 2.09. The first-order chi connectivity index (χ1) is 11.0. The number of aromatic nitrogens is 1. The van der Waals surface area contributed by atoms with Gasteiger partial charge in [-0.2, -0.15) is 4.99 Å². The highest BCUT2D eigenvalue weighted by molar-refractivity contribution is 6.30. The van der Waals surface area contributed by atoms with Gasteiger partial charge in [0.15, 0.2) is 11.5 Å². The Balaban J connectivity index is 1.98. The molecule has 0 spiro atoms. The quantitative estimate of drug-likeness (QED) is 0.491. The fraction of sp³-hybridized carbons (Fsp3) is 0. The predicted octanol–water partition coefficient (Wildman–Crippen LogP) is 2.37. The molecule has 6 N–H and O–H groups in total. The summed E-state index contributed by atoms with van der Waals surface area (Å²) in [6.45, 7) is 0. The summed E-state index contributed by atoms with van der Waals surface area (Å²) in [5.41, 5.74) is 18.8. The highest BCUT2D eigenvalue weighted by Crippen LogP contribution is 2.27. The molecule has 0 bridgehead atoms. The molecule has 1 heterocycles. The van der Waals surface area contributed by atoms with Crippen molar-refractivity contribution >= 4 is 40.3 Å². The summed E-state index contributed by atoms with van der Waals surface area (Å²) in [5.74, 6) is 0.305. The van der Waals surface area contributed by atoms with Crippen LogP contribution in [0.2, 0.25) is 5.02 Å². The van der Waals surface area contributed by atoms with E-state index in [1.165, 1.54) is 0 Å². The summed E-state index contributed by atoms with van der Waals surface area (Å²) >= 11 is 5.88. The van der Waals surface area contributed by atoms with Gasteiger partial charge in [-0.1, -0.05) is 11.6 Å². The first-order valence-electron chi connectivity index (χ1n) is 6.61. The number of fused-ring (bicyclic) bond motifs is 1. The number of nitrogens with two attached hydrogens (primary N) is 3. The Morgan fingerprint density at radius 1 is 1.04 bits per heavy atom. The Morgan fingerprint density at radius 2 is 1.78 bits per heavy atom. The van der Waals surface area contributed by atoms with Crippen LogP contribution in [0.15, 0.2) is 56.9 Å². The van der Waals surface area contributed by atoms with Crippen molar-refractivity contribution in [1.82, 2.24) is 4.98 Å². The molecular formula is C15H13ClN6O. The molecule has 0 aliphatic heterocycles. The topological polar surface area (TPSA) is 129 Å². The van der Waals surface area contributed by atoms with E-state index in [-0.39, 0.29) is 11.9 Å². The van der Waals surface area contributed by atoms with Crippen molar-refractivity contribution in [3.8, 4) is 11.5 Å². The maximum absolute atomic E-state index is 5.88. The van der Waals surface area contributed by atoms with Gasteiger partial charge < -0.3 is 21.6 Å². The third-order valence-corrected chi connectivity index (χ3v) is 3.20. The molecule has 3 aromatic rings. The van der Waals surface area contributed by atoms with Gasteiger partial charge in [-0.05, 0) is 42.5 Å². The molecular weight excluding hydrogens is 316 g/mol. The molecule has 2 aromatic carbocycles. The van der Waals surface area contributed by atoms with Crippen LogP contribution in [-0.2, 0) is 0 Å². The van der Waals surface area contributed by atoms with Gasteiger partial charge in [0.05, 0.1) is 5.69 Å². The minimum atomic E-state index is -0.154. The Morgan fingerprint density at radius 3 is 2.48 bits per heavy atom. The van der Waals surface area contributed by atoms with E-state index in [1.54, 1.807) is 30.3 Å². The van der Waals surface area contributed by atoms with E-state index in [9.17, 15) is 0 Å². The summed E-state index contributed by atoms with van der Waals surface area (Å²) in [5, 5.41) is 0.650. The molecule has 0 radical (unpaired) electrons. The number of nitrogens with zero attached hydrogens (tertiary/aromatic N) is 3. The largest absolute Gasteiger partial charge is 0.436 e. The average Bonchev–Trinajstić information content (AvgIpc) is 2.90. The van der Waals surface area contributed by atoms with Crippen LogP contribution >= 0.6 is 11.6 Å². The van der Waals surface area contributed by atoms with Crippen molar-refractivity contribution in [2.45, 2.75) is 0 Å². The number of benzene rings is 2. The number of rotatable bonds is 2. The van der Waals surface area contributed by atoms with Gasteiger partial charge in [0.1, 0.15) is 5.52 Å². The van der Waals surface area contributed by atoms with E-state index in [4.69, 9.17) is 33.2 Å². The minimum Gasteiger partial charge on any atom is -0.436 e. The Labute approximate surface area is 136 Å². The normalized spacial score (nSPS) is 11.6. The fourth-order valence-corrected chi connectivity index (χ4v) is 2.12. The monoisotopic (exact) mass is 328 g/mol. The second-order valence-corrected chi connectivity index (χ2v) is 5.12. The van der Waals surface area contributed by atoms with Crippen LogP contribution < -0.4 is 17.2 Å². The second kappa shape index (κ2) is 5.98. The fourth-order valence-electron chi connectivity index (χ4n) is 1.99. The van der Waals surface area contributed by atoms with Crippen molar-refractivity contribution in [1.29, 1.82) is 0 Å². The van der Waals surface area contributed by atoms with Crippen LogP contribution in [-0.4, -0.2) is 16.9 Å². The molecule has 7 nitrogen and oxygen atoms in total. The molecule has 0 atom stereocenters. The zero-order valence-corrected chi connectivity index (χ0v) is 12.7. The Kier molecular flexibility index (Phi) is 3.86. The molecule has 116 valence electrons. The maximum atomic E-state index is 5.88. The number of hydrogen-bond acceptors (Lipinski definition) is 3. The van der Waals surface area contributed by atoms with Crippen LogP contribution in [0.25, 0.3) is 22.6 Å². The van der Waals surface area contributed by atoms with E-state index >= 15 is 0 Å². The van der Waals surface area contributed by atoms with E-state index in [1.807, 2.05) is 12.1 Å². The first kappa shape index (κ1) is 14.9. The first-order valence-corrected chi connectivity index (χ1v) is 6.99. The molecule has 1 aromatic heterocycles. The standard InChI is InChI=1S/C15H13ClN6O/c16-9-3-1-8(2-4-9)13-21-11-7-10(5-6-12(11)23-13)20-15(19)22-14(17)18/h1-7H,(H6,17,18,19,20,22). The van der Waals surface area contributed by atoms with Crippen LogP contribution in [0, 0.1) is 0 Å². The van der Waals surface area contributed by atoms with Gasteiger partial charge in [-0.25, -0.2) is 9.98 Å². The molecule has 0 aliphatic rings. The molecule has 0 saturated heterocycles. The molecule has 0 fully saturated rings. The van der Waals surface area contributed by atoms with Gasteiger partial charge in [-0.3, -0.25) is 0 Å². The number of hydrogen-bond donors (Lipinski definition) is 3. The summed E-state index contributed by atoms with van der Waals surface area (Å²) in [6.07, 6.45) is 0. The van der Waals surface area contributed by atoms with Crippen LogP contribution in [0.4, 0.5) is 5.69 Å². The van der Waals surface area contributed by atoms with Gasteiger partial charge in [-0.15, -0.1) is 0 Å². The second-order valence-electron chi connectivity index (χ2n) is 4.68. The number of oxazole rings is 1. The van der Waals surface area contributed by atoms with E-state index < -0.39 is 0 Å². The average molecular weight is 329 g/mol. The number of halogens is 1. The lowest BCUT2D eigenvalue weighted by Crippen LogP contribution is -2.26. The summed E-state index contributed by atoms with van der Waals surface area (Å²) in [6, 6.07) is 12.4. The van der Waals surface area contributed by atoms with Crippen LogP contribution in [0.5, 0.6) is 0 Å². The van der Waals surface area contributed by atoms with Gasteiger partial charge in [0, 0.05) is 10.6 Å². The third kappa shape index (κ3) is 3.41. The minimum absolute atomic E-state index is 0.0363. The molecule has 3 rings (SSSR count). The summed E-state index contributed by atoms with van der Waals surface area (Å²) < 4.78 is 5.72. The SMILES string of the molecule is NC(N)=NC(N)=Nc1ccc2oc(-c3ccc(Cl)cc3)nc2c1. The van der Waals surface area contributed by atoms with Gasteiger partial charge in [0.25, 0.3) is 0 Å². The van der Waals surface area contributed by atoms with Crippen molar-refractivity contribution in [2.75, 3.05) is 0 Å². The zero-order valence-electron chi connectivity index (χ0n) is 11.9. The van der Waals surface area contributed by atoms with Crippen molar-refractivity contribution in [2.24, 2.45) is 27.2 Å². The van der Waals surface area contributed by atoms with Crippen molar-refractivity contribution in [3.05, 3.63) is 47.5 Å². The van der Waals surface area contributed by atoms with Crippen molar-refractivity contribution in [3.63, 3.8) is 0 Å². The predicted molar refractivity (Wildman–Crippen MR) is 91.5 cm³/mol. The third-order valence-electron chi connectivity index (χ3n) is 2.95. The Bertz CT molecular complexity index is 909. The molecule has 0 saturated carbocycles. The highest BCUT2D eigenvalue weighted by atomic mass is 35.5. The lowest BCUT2D eigenvalue weighted by molar-refractivity contribution is 0.620. The smallest absolute Gasteiger partial charge is 0.227 e. The molecule has 0 amide bonds. The lowest BCUT2D eigenvalue weighted by Gasteiger charge is -1.95. The Hall–Kier alpha value is -3.06. The summed E-state index contributed by atoms with van der Waals surface area (Å²) in [4.78, 5) is 12.2. The molecule has 23 heavy (non-hydrogen) atoms.